The van der Waals surface area contributed by atoms with Gasteiger partial charge < -0.3 is 5.32 Å². The Labute approximate surface area is 128 Å². The van der Waals surface area contributed by atoms with Crippen molar-refractivity contribution in [2.24, 2.45) is 5.92 Å². The topological polar surface area (TPSA) is 61.4 Å². The molecule has 2 N–H and O–H groups in total. The summed E-state index contributed by atoms with van der Waals surface area (Å²) < 4.78 is 28.5. The van der Waals surface area contributed by atoms with Gasteiger partial charge in [0.25, 0.3) is 10.2 Å². The van der Waals surface area contributed by atoms with Gasteiger partial charge in [0.05, 0.1) is 0 Å². The van der Waals surface area contributed by atoms with Gasteiger partial charge in [-0.1, -0.05) is 13.8 Å². The minimum Gasteiger partial charge on any atom is -0.314 e. The number of hydrogen-bond acceptors (Lipinski definition) is 4. The molecule has 0 radical (unpaired) electrons. The van der Waals surface area contributed by atoms with E-state index in [0.717, 1.165) is 31.6 Å². The molecule has 1 fully saturated rings. The summed E-state index contributed by atoms with van der Waals surface area (Å²) in [4.78, 5) is 0. The van der Waals surface area contributed by atoms with Crippen LogP contribution >= 0.6 is 11.8 Å². The first-order valence-electron chi connectivity index (χ1n) is 7.42. The average molecular weight is 324 g/mol. The second-order valence-corrected chi connectivity index (χ2v) is 8.39. The summed E-state index contributed by atoms with van der Waals surface area (Å²) in [6, 6.07) is 0.495. The normalized spacial score (nSPS) is 18.8. The molecule has 0 aromatic carbocycles. The van der Waals surface area contributed by atoms with E-state index >= 15 is 0 Å². The number of thioether (sulfide) groups is 1. The molecule has 20 heavy (non-hydrogen) atoms. The predicted molar refractivity (Wildman–Crippen MR) is 87.4 cm³/mol. The Morgan fingerprint density at radius 3 is 2.50 bits per heavy atom. The van der Waals surface area contributed by atoms with Crippen LogP contribution in [0.2, 0.25) is 0 Å². The van der Waals surface area contributed by atoms with E-state index in [4.69, 9.17) is 0 Å². The number of nitrogens with one attached hydrogen (secondary N) is 2. The van der Waals surface area contributed by atoms with Gasteiger partial charge in [-0.3, -0.25) is 0 Å². The van der Waals surface area contributed by atoms with Crippen molar-refractivity contribution in [1.29, 1.82) is 0 Å². The molecule has 0 aromatic heterocycles. The molecule has 0 bridgehead atoms. The predicted octanol–water partition coefficient (Wildman–Crippen LogP) is 1.28. The lowest BCUT2D eigenvalue weighted by atomic mass is 9.98. The molecule has 0 unspecified atom stereocenters. The summed E-state index contributed by atoms with van der Waals surface area (Å²) in [6.45, 7) is 7.09. The van der Waals surface area contributed by atoms with Crippen LogP contribution in [0.3, 0.4) is 0 Å². The van der Waals surface area contributed by atoms with Crippen molar-refractivity contribution < 1.29 is 8.42 Å². The molecule has 1 aliphatic rings. The van der Waals surface area contributed by atoms with Crippen LogP contribution < -0.4 is 10.0 Å². The third kappa shape index (κ3) is 6.76. The van der Waals surface area contributed by atoms with Crippen LogP contribution in [-0.2, 0) is 10.2 Å². The van der Waals surface area contributed by atoms with E-state index in [-0.39, 0.29) is 0 Å². The van der Waals surface area contributed by atoms with Crippen LogP contribution in [0.15, 0.2) is 0 Å². The highest BCUT2D eigenvalue weighted by Crippen LogP contribution is 2.18. The quantitative estimate of drug-likeness (QED) is 0.628. The summed E-state index contributed by atoms with van der Waals surface area (Å²) in [5.41, 5.74) is 0. The minimum absolute atomic E-state index is 0.495. The summed E-state index contributed by atoms with van der Waals surface area (Å²) in [5.74, 6) is 1.59. The van der Waals surface area contributed by atoms with E-state index in [2.05, 4.69) is 23.9 Å². The van der Waals surface area contributed by atoms with Gasteiger partial charge in [-0.2, -0.15) is 24.5 Å². The van der Waals surface area contributed by atoms with Gasteiger partial charge in [0, 0.05) is 25.7 Å². The summed E-state index contributed by atoms with van der Waals surface area (Å²) >= 11 is 1.74. The summed E-state index contributed by atoms with van der Waals surface area (Å²) in [5, 5.41) is 3.43. The highest BCUT2D eigenvalue weighted by molar-refractivity contribution is 7.98. The molecule has 0 spiro atoms. The zero-order valence-electron chi connectivity index (χ0n) is 12.9. The molecule has 5 nitrogen and oxygen atoms in total. The van der Waals surface area contributed by atoms with E-state index in [0.29, 0.717) is 31.6 Å². The first kappa shape index (κ1) is 18.2. The number of hydrogen-bond donors (Lipinski definition) is 2. The Balaban J connectivity index is 2.28. The maximum Gasteiger partial charge on any atom is 0.279 e. The first-order chi connectivity index (χ1) is 9.45. The molecule has 1 aliphatic heterocycles. The lowest BCUT2D eigenvalue weighted by Crippen LogP contribution is -2.46. The molecule has 0 amide bonds. The van der Waals surface area contributed by atoms with Crippen LogP contribution in [0.4, 0.5) is 0 Å². The van der Waals surface area contributed by atoms with E-state index in [1.54, 1.807) is 16.1 Å². The van der Waals surface area contributed by atoms with Gasteiger partial charge in [0.1, 0.15) is 0 Å². The fourth-order valence-electron chi connectivity index (χ4n) is 2.27. The molecule has 1 saturated heterocycles. The molecule has 7 heteroatoms. The Morgan fingerprint density at radius 1 is 1.30 bits per heavy atom. The van der Waals surface area contributed by atoms with Gasteiger partial charge in [0.2, 0.25) is 0 Å². The fourth-order valence-corrected chi connectivity index (χ4v) is 3.97. The second kappa shape index (κ2) is 9.25. The highest BCUT2D eigenvalue weighted by atomic mass is 32.2. The maximum absolute atomic E-state index is 12.1. The molecule has 0 atom stereocenters. The number of rotatable bonds is 9. The highest BCUT2D eigenvalue weighted by Gasteiger charge is 2.27. The molecule has 0 aromatic rings. The largest absolute Gasteiger partial charge is 0.314 e. The van der Waals surface area contributed by atoms with Crippen LogP contribution in [0.1, 0.15) is 33.1 Å². The van der Waals surface area contributed by atoms with Gasteiger partial charge in [-0.15, -0.1) is 0 Å². The van der Waals surface area contributed by atoms with Gasteiger partial charge in [0.15, 0.2) is 0 Å². The van der Waals surface area contributed by atoms with E-state index in [1.807, 2.05) is 6.26 Å². The molecule has 0 saturated carbocycles. The van der Waals surface area contributed by atoms with Crippen molar-refractivity contribution in [3.05, 3.63) is 0 Å². The van der Waals surface area contributed by atoms with Gasteiger partial charge >= 0.3 is 0 Å². The zero-order chi connectivity index (χ0) is 15.0. The number of nitrogens with zero attached hydrogens (tertiary/aromatic N) is 1. The minimum atomic E-state index is -3.26. The van der Waals surface area contributed by atoms with E-state index in [9.17, 15) is 8.42 Å². The van der Waals surface area contributed by atoms with Crippen molar-refractivity contribution in [3.63, 3.8) is 0 Å². The SMILES string of the molecule is CSCCCNS(=O)(=O)N1CCC(CNC(C)C)CC1. The zero-order valence-corrected chi connectivity index (χ0v) is 14.5. The Hall–Kier alpha value is 0.180. The van der Waals surface area contributed by atoms with Crippen LogP contribution in [0.5, 0.6) is 0 Å². The van der Waals surface area contributed by atoms with E-state index in [1.165, 1.54) is 0 Å². The Bertz CT molecular complexity index is 353. The van der Waals surface area contributed by atoms with Gasteiger partial charge in [-0.05, 0) is 43.7 Å². The lowest BCUT2D eigenvalue weighted by molar-refractivity contribution is 0.261. The van der Waals surface area contributed by atoms with Crippen LogP contribution in [0, 0.1) is 5.92 Å². The lowest BCUT2D eigenvalue weighted by Gasteiger charge is -2.31. The monoisotopic (exact) mass is 323 g/mol. The Kier molecular flexibility index (Phi) is 8.43. The van der Waals surface area contributed by atoms with Crippen molar-refractivity contribution in [2.45, 2.75) is 39.2 Å². The maximum atomic E-state index is 12.1. The van der Waals surface area contributed by atoms with E-state index < -0.39 is 10.2 Å². The Morgan fingerprint density at radius 2 is 1.95 bits per heavy atom. The van der Waals surface area contributed by atoms with Crippen molar-refractivity contribution >= 4 is 22.0 Å². The summed E-state index contributed by atoms with van der Waals surface area (Å²) in [6.07, 6.45) is 4.82. The molecular formula is C13H29N3O2S2. The molecule has 1 heterocycles. The van der Waals surface area contributed by atoms with Crippen LogP contribution in [0.25, 0.3) is 0 Å². The molecule has 1 rings (SSSR count). The van der Waals surface area contributed by atoms with Crippen molar-refractivity contribution in [2.75, 3.05) is 38.2 Å². The number of piperidine rings is 1. The third-order valence-corrected chi connectivity index (χ3v) is 5.85. The standard InChI is InChI=1S/C13H29N3O2S2/c1-12(2)14-11-13-5-8-16(9-6-13)20(17,18)15-7-4-10-19-3/h12-15H,4-11H2,1-3H3. The van der Waals surface area contributed by atoms with Crippen molar-refractivity contribution in [1.82, 2.24) is 14.3 Å². The smallest absolute Gasteiger partial charge is 0.279 e. The molecular weight excluding hydrogens is 294 g/mol. The van der Waals surface area contributed by atoms with Crippen molar-refractivity contribution in [3.8, 4) is 0 Å². The molecule has 0 aliphatic carbocycles. The first-order valence-corrected chi connectivity index (χ1v) is 10.3. The summed E-state index contributed by atoms with van der Waals surface area (Å²) in [7, 11) is -3.26. The van der Waals surface area contributed by atoms with Gasteiger partial charge in [-0.25, -0.2) is 4.72 Å². The third-order valence-electron chi connectivity index (χ3n) is 3.54. The average Bonchev–Trinajstić information content (AvgIpc) is 2.42. The fraction of sp³-hybridized carbons (Fsp3) is 1.00. The molecule has 120 valence electrons. The van der Waals surface area contributed by atoms with Crippen LogP contribution in [-0.4, -0.2) is 57.0 Å². The second-order valence-electron chi connectivity index (χ2n) is 5.65.